The Hall–Kier alpha value is -2.42. The van der Waals surface area contributed by atoms with E-state index in [1.807, 2.05) is 17.0 Å². The van der Waals surface area contributed by atoms with Gasteiger partial charge in [0.15, 0.2) is 0 Å². The lowest BCUT2D eigenvalue weighted by Gasteiger charge is -2.38. The van der Waals surface area contributed by atoms with Crippen molar-refractivity contribution in [2.75, 3.05) is 32.1 Å². The van der Waals surface area contributed by atoms with E-state index in [1.165, 1.54) is 0 Å². The standard InChI is InChI=1S/C18H22F3N5O/c1-25(16-9-15(18(19,20)21)23-12-24-16)14-4-3-7-26(11-14)10-13-5-6-22-17(8-13)27-2/h5-6,8-9,12,14H,3-4,7,10-11H2,1-2H3. The lowest BCUT2D eigenvalue weighted by molar-refractivity contribution is -0.141. The van der Waals surface area contributed by atoms with Crippen molar-refractivity contribution in [3.8, 4) is 5.88 Å². The first kappa shape index (κ1) is 19.3. The van der Waals surface area contributed by atoms with Crippen molar-refractivity contribution in [2.24, 2.45) is 0 Å². The summed E-state index contributed by atoms with van der Waals surface area (Å²) in [5.74, 6) is 0.855. The van der Waals surface area contributed by atoms with E-state index >= 15 is 0 Å². The third-order valence-electron chi connectivity index (χ3n) is 4.75. The number of ether oxygens (including phenoxy) is 1. The molecule has 0 amide bonds. The zero-order valence-corrected chi connectivity index (χ0v) is 15.3. The maximum atomic E-state index is 12.9. The molecule has 27 heavy (non-hydrogen) atoms. The molecule has 0 radical (unpaired) electrons. The molecule has 0 aromatic carbocycles. The number of methoxy groups -OCH3 is 1. The van der Waals surface area contributed by atoms with Crippen molar-refractivity contribution in [3.63, 3.8) is 0 Å². The van der Waals surface area contributed by atoms with E-state index in [2.05, 4.69) is 19.9 Å². The van der Waals surface area contributed by atoms with Crippen LogP contribution in [-0.4, -0.2) is 53.1 Å². The van der Waals surface area contributed by atoms with Gasteiger partial charge in [-0.25, -0.2) is 15.0 Å². The fourth-order valence-electron chi connectivity index (χ4n) is 3.29. The number of nitrogens with zero attached hydrogens (tertiary/aromatic N) is 5. The number of likely N-dealkylation sites (tertiary alicyclic amines) is 1. The van der Waals surface area contributed by atoms with Crippen molar-refractivity contribution in [1.82, 2.24) is 19.9 Å². The summed E-state index contributed by atoms with van der Waals surface area (Å²) in [6.07, 6.45) is 0.0732. The number of aromatic nitrogens is 3. The van der Waals surface area contributed by atoms with Crippen molar-refractivity contribution in [3.05, 3.63) is 42.0 Å². The van der Waals surface area contributed by atoms with Crippen LogP contribution in [0.1, 0.15) is 24.1 Å². The maximum absolute atomic E-state index is 12.9. The number of alkyl halides is 3. The Balaban J connectivity index is 1.68. The van der Waals surface area contributed by atoms with Gasteiger partial charge < -0.3 is 9.64 Å². The van der Waals surface area contributed by atoms with Crippen LogP contribution < -0.4 is 9.64 Å². The Kier molecular flexibility index (Phi) is 5.79. The van der Waals surface area contributed by atoms with Crippen molar-refractivity contribution >= 4 is 5.82 Å². The molecule has 3 heterocycles. The molecular formula is C18H22F3N5O. The van der Waals surface area contributed by atoms with Crippen LogP contribution in [0.2, 0.25) is 0 Å². The van der Waals surface area contributed by atoms with E-state index in [0.717, 1.165) is 50.4 Å². The van der Waals surface area contributed by atoms with E-state index in [9.17, 15) is 13.2 Å². The Morgan fingerprint density at radius 3 is 2.81 bits per heavy atom. The topological polar surface area (TPSA) is 54.4 Å². The van der Waals surface area contributed by atoms with Crippen LogP contribution in [-0.2, 0) is 12.7 Å². The highest BCUT2D eigenvalue weighted by molar-refractivity contribution is 5.40. The van der Waals surface area contributed by atoms with Crippen molar-refractivity contribution in [1.29, 1.82) is 0 Å². The molecule has 2 aromatic heterocycles. The van der Waals surface area contributed by atoms with Crippen LogP contribution in [0.4, 0.5) is 19.0 Å². The summed E-state index contributed by atoms with van der Waals surface area (Å²) in [5, 5.41) is 0. The second-order valence-electron chi connectivity index (χ2n) is 6.61. The fraction of sp³-hybridized carbons (Fsp3) is 0.500. The van der Waals surface area contributed by atoms with Gasteiger partial charge in [-0.2, -0.15) is 13.2 Å². The summed E-state index contributed by atoms with van der Waals surface area (Å²) >= 11 is 0. The van der Waals surface area contributed by atoms with Gasteiger partial charge in [-0.05, 0) is 31.0 Å². The van der Waals surface area contributed by atoms with Crippen LogP contribution >= 0.6 is 0 Å². The minimum absolute atomic E-state index is 0.0819. The Morgan fingerprint density at radius 2 is 2.07 bits per heavy atom. The van der Waals surface area contributed by atoms with E-state index in [1.54, 1.807) is 20.4 Å². The summed E-state index contributed by atoms with van der Waals surface area (Å²) in [5.41, 5.74) is 0.169. The summed E-state index contributed by atoms with van der Waals surface area (Å²) in [4.78, 5) is 15.6. The monoisotopic (exact) mass is 381 g/mol. The Bertz CT molecular complexity index is 771. The number of anilines is 1. The first-order chi connectivity index (χ1) is 12.9. The van der Waals surface area contributed by atoms with Gasteiger partial charge in [0.25, 0.3) is 0 Å². The predicted molar refractivity (Wildman–Crippen MR) is 94.5 cm³/mol. The van der Waals surface area contributed by atoms with E-state index < -0.39 is 11.9 Å². The number of halogens is 3. The average Bonchev–Trinajstić information content (AvgIpc) is 2.67. The van der Waals surface area contributed by atoms with Gasteiger partial charge >= 0.3 is 6.18 Å². The van der Waals surface area contributed by atoms with Gasteiger partial charge in [-0.15, -0.1) is 0 Å². The van der Waals surface area contributed by atoms with Gasteiger partial charge in [0.1, 0.15) is 17.8 Å². The molecule has 0 N–H and O–H groups in total. The second kappa shape index (κ2) is 8.08. The average molecular weight is 381 g/mol. The van der Waals surface area contributed by atoms with Crippen LogP contribution in [0, 0.1) is 0 Å². The normalized spacial score (nSPS) is 18.3. The number of pyridine rings is 1. The van der Waals surface area contributed by atoms with Crippen molar-refractivity contribution in [2.45, 2.75) is 31.6 Å². The predicted octanol–water partition coefficient (Wildman–Crippen LogP) is 3.00. The third-order valence-corrected chi connectivity index (χ3v) is 4.75. The van der Waals surface area contributed by atoms with Gasteiger partial charge in [0, 0.05) is 44.5 Å². The van der Waals surface area contributed by atoms with Gasteiger partial charge in [-0.3, -0.25) is 4.90 Å². The molecule has 1 aliphatic heterocycles. The largest absolute Gasteiger partial charge is 0.481 e. The molecule has 146 valence electrons. The molecular weight excluding hydrogens is 359 g/mol. The fourth-order valence-corrected chi connectivity index (χ4v) is 3.29. The number of likely N-dealkylation sites (N-methyl/N-ethyl adjacent to an activating group) is 1. The lowest BCUT2D eigenvalue weighted by Crippen LogP contribution is -2.46. The molecule has 0 aliphatic carbocycles. The summed E-state index contributed by atoms with van der Waals surface area (Å²) in [6, 6.07) is 4.93. The summed E-state index contributed by atoms with van der Waals surface area (Å²) in [7, 11) is 3.36. The highest BCUT2D eigenvalue weighted by atomic mass is 19.4. The zero-order valence-electron chi connectivity index (χ0n) is 15.3. The number of rotatable bonds is 5. The molecule has 0 saturated carbocycles. The highest BCUT2D eigenvalue weighted by Gasteiger charge is 2.34. The van der Waals surface area contributed by atoms with E-state index in [-0.39, 0.29) is 11.9 Å². The summed E-state index contributed by atoms with van der Waals surface area (Å²) < 4.78 is 43.9. The first-order valence-corrected chi connectivity index (χ1v) is 8.70. The minimum Gasteiger partial charge on any atom is -0.481 e. The molecule has 0 spiro atoms. The van der Waals surface area contributed by atoms with Gasteiger partial charge in [-0.1, -0.05) is 0 Å². The van der Waals surface area contributed by atoms with Crippen LogP contribution in [0.25, 0.3) is 0 Å². The number of piperidine rings is 1. The zero-order chi connectivity index (χ0) is 19.4. The molecule has 1 unspecified atom stereocenters. The number of hydrogen-bond donors (Lipinski definition) is 0. The second-order valence-corrected chi connectivity index (χ2v) is 6.61. The molecule has 1 saturated heterocycles. The molecule has 2 aromatic rings. The molecule has 1 atom stereocenters. The van der Waals surface area contributed by atoms with Crippen molar-refractivity contribution < 1.29 is 17.9 Å². The highest BCUT2D eigenvalue weighted by Crippen LogP contribution is 2.30. The molecule has 0 bridgehead atoms. The summed E-state index contributed by atoms with van der Waals surface area (Å²) in [6.45, 7) is 2.42. The SMILES string of the molecule is COc1cc(CN2CCCC(N(C)c3cc(C(F)(F)F)ncn3)C2)ccn1. The lowest BCUT2D eigenvalue weighted by atomic mass is 10.0. The van der Waals surface area contributed by atoms with Gasteiger partial charge in [0.05, 0.1) is 7.11 Å². The van der Waals surface area contributed by atoms with Gasteiger partial charge in [0.2, 0.25) is 5.88 Å². The van der Waals surface area contributed by atoms with E-state index in [0.29, 0.717) is 5.88 Å². The molecule has 1 fully saturated rings. The quantitative estimate of drug-likeness (QED) is 0.794. The van der Waals surface area contributed by atoms with E-state index in [4.69, 9.17) is 4.74 Å². The maximum Gasteiger partial charge on any atom is 0.433 e. The Morgan fingerprint density at radius 1 is 1.26 bits per heavy atom. The number of hydrogen-bond acceptors (Lipinski definition) is 6. The smallest absolute Gasteiger partial charge is 0.433 e. The third kappa shape index (κ3) is 4.85. The first-order valence-electron chi connectivity index (χ1n) is 8.70. The van der Waals surface area contributed by atoms with Crippen LogP contribution in [0.15, 0.2) is 30.7 Å². The minimum atomic E-state index is -4.47. The van der Waals surface area contributed by atoms with Crippen LogP contribution in [0.5, 0.6) is 5.88 Å². The molecule has 9 heteroatoms. The molecule has 1 aliphatic rings. The molecule has 3 rings (SSSR count). The molecule has 6 nitrogen and oxygen atoms in total. The Labute approximate surface area is 156 Å². The van der Waals surface area contributed by atoms with Crippen LogP contribution in [0.3, 0.4) is 0 Å².